The Kier molecular flexibility index (Phi) is 14.7. The number of carboxylic acids is 1. The highest BCUT2D eigenvalue weighted by Gasteiger charge is 2.43. The molecule has 9 nitrogen and oxygen atoms in total. The Labute approximate surface area is 281 Å². The molecule has 3 aliphatic rings. The van der Waals surface area contributed by atoms with Crippen LogP contribution in [0.3, 0.4) is 0 Å². The van der Waals surface area contributed by atoms with Gasteiger partial charge in [0.2, 0.25) is 0 Å². The van der Waals surface area contributed by atoms with Gasteiger partial charge in [0, 0.05) is 0 Å². The zero-order valence-corrected chi connectivity index (χ0v) is 29.5. The summed E-state index contributed by atoms with van der Waals surface area (Å²) in [7, 11) is 0. The molecule has 1 aromatic carbocycles. The predicted molar refractivity (Wildman–Crippen MR) is 179 cm³/mol. The van der Waals surface area contributed by atoms with Gasteiger partial charge in [0.1, 0.15) is 22.7 Å². The number of hydrogen-bond acceptors (Lipinski definition) is 8. The number of carbonyl (C=O) groups is 4. The molecular weight excluding hydrogens is 600 g/mol. The van der Waals surface area contributed by atoms with Crippen LogP contribution in [0.1, 0.15) is 131 Å². The van der Waals surface area contributed by atoms with Gasteiger partial charge in [-0.2, -0.15) is 0 Å². The van der Waals surface area contributed by atoms with E-state index in [1.165, 1.54) is 38.5 Å². The molecule has 264 valence electrons. The molecule has 47 heavy (non-hydrogen) atoms. The van der Waals surface area contributed by atoms with E-state index in [1.54, 1.807) is 24.3 Å². The van der Waals surface area contributed by atoms with Gasteiger partial charge in [-0.15, -0.1) is 0 Å². The fraction of sp³-hybridized carbons (Fsp3) is 0.737. The van der Waals surface area contributed by atoms with E-state index >= 15 is 0 Å². The molecule has 0 radical (unpaired) electrons. The average Bonchev–Trinajstić information content (AvgIpc) is 3.02. The number of aliphatic carboxylic acids is 1. The third kappa shape index (κ3) is 12.5. The first-order valence-corrected chi connectivity index (χ1v) is 17.7. The smallest absolute Gasteiger partial charge is 0.314 e. The van der Waals surface area contributed by atoms with Gasteiger partial charge >= 0.3 is 17.9 Å². The van der Waals surface area contributed by atoms with Crippen molar-refractivity contribution in [1.82, 2.24) is 0 Å². The first kappa shape index (κ1) is 38.5. The van der Waals surface area contributed by atoms with Crippen LogP contribution in [0, 0.1) is 29.6 Å². The van der Waals surface area contributed by atoms with Crippen LogP contribution in [0.15, 0.2) is 24.3 Å². The highest BCUT2D eigenvalue weighted by Crippen LogP contribution is 2.41. The van der Waals surface area contributed by atoms with Gasteiger partial charge in [-0.1, -0.05) is 26.7 Å². The number of benzene rings is 1. The van der Waals surface area contributed by atoms with Crippen LogP contribution in [0.5, 0.6) is 11.5 Å². The van der Waals surface area contributed by atoms with Crippen LogP contribution < -0.4 is 9.47 Å². The Bertz CT molecular complexity index is 1130. The molecule has 0 aromatic heterocycles. The molecule has 3 saturated carbocycles. The lowest BCUT2D eigenvalue weighted by Crippen LogP contribution is -2.52. The monoisotopic (exact) mass is 658 g/mol. The average molecular weight is 659 g/mol. The van der Waals surface area contributed by atoms with E-state index in [9.17, 15) is 19.2 Å². The second kappa shape index (κ2) is 18.0. The first-order valence-electron chi connectivity index (χ1n) is 17.7. The molecule has 0 spiro atoms. The van der Waals surface area contributed by atoms with Crippen molar-refractivity contribution in [2.45, 2.75) is 149 Å². The lowest BCUT2D eigenvalue weighted by molar-refractivity contribution is -0.208. The molecule has 3 fully saturated rings. The third-order valence-electron chi connectivity index (χ3n) is 10.8. The summed E-state index contributed by atoms with van der Waals surface area (Å²) in [4.78, 5) is 45.0. The Morgan fingerprint density at radius 1 is 0.723 bits per heavy atom. The Morgan fingerprint density at radius 3 is 1.72 bits per heavy atom. The molecule has 4 rings (SSSR count). The first-order chi connectivity index (χ1) is 22.2. The molecule has 1 N–H and O–H groups in total. The van der Waals surface area contributed by atoms with E-state index in [0.29, 0.717) is 18.0 Å². The van der Waals surface area contributed by atoms with Crippen LogP contribution >= 0.6 is 0 Å². The van der Waals surface area contributed by atoms with Gasteiger partial charge in [-0.3, -0.25) is 19.2 Å². The second-order valence-corrected chi connectivity index (χ2v) is 15.1. The molecule has 0 amide bonds. The Balaban J connectivity index is 0.000000258. The van der Waals surface area contributed by atoms with Gasteiger partial charge in [0.05, 0.1) is 24.9 Å². The van der Waals surface area contributed by atoms with Crippen molar-refractivity contribution in [1.29, 1.82) is 0 Å². The maximum atomic E-state index is 12.4. The molecule has 0 bridgehead atoms. The molecule has 0 atom stereocenters. The van der Waals surface area contributed by atoms with E-state index in [4.69, 9.17) is 24.1 Å². The number of esters is 2. The molecule has 9 heteroatoms. The summed E-state index contributed by atoms with van der Waals surface area (Å²) in [5.41, 5.74) is -1.44. The Morgan fingerprint density at radius 2 is 1.21 bits per heavy atom. The largest absolute Gasteiger partial charge is 0.481 e. The fourth-order valence-corrected chi connectivity index (χ4v) is 7.00. The maximum Gasteiger partial charge on any atom is 0.314 e. The van der Waals surface area contributed by atoms with Crippen LogP contribution in [-0.4, -0.2) is 46.8 Å². The molecule has 0 unspecified atom stereocenters. The molecular formula is C38H58O9. The Hall–Kier alpha value is -2.94. The topological polar surface area (TPSA) is 125 Å². The molecule has 0 saturated heterocycles. The lowest BCUT2D eigenvalue weighted by Gasteiger charge is -2.43. The summed E-state index contributed by atoms with van der Waals surface area (Å²) in [6, 6.07) is 6.56. The van der Waals surface area contributed by atoms with E-state index in [-0.39, 0.29) is 30.8 Å². The third-order valence-corrected chi connectivity index (χ3v) is 10.8. The summed E-state index contributed by atoms with van der Waals surface area (Å²) >= 11 is 0. The van der Waals surface area contributed by atoms with Crippen molar-refractivity contribution in [3.63, 3.8) is 0 Å². The minimum atomic E-state index is -0.999. The van der Waals surface area contributed by atoms with Crippen molar-refractivity contribution in [3.05, 3.63) is 24.3 Å². The minimum Gasteiger partial charge on any atom is -0.481 e. The van der Waals surface area contributed by atoms with Crippen molar-refractivity contribution in [2.75, 3.05) is 0 Å². The van der Waals surface area contributed by atoms with E-state index in [0.717, 1.165) is 62.2 Å². The number of hydrogen-bond donors (Lipinski definition) is 1. The summed E-state index contributed by atoms with van der Waals surface area (Å²) in [6.07, 6.45) is 14.0. The van der Waals surface area contributed by atoms with Crippen molar-refractivity contribution in [3.8, 4) is 11.5 Å². The maximum absolute atomic E-state index is 12.4. The highest BCUT2D eigenvalue weighted by molar-refractivity contribution is 5.77. The van der Waals surface area contributed by atoms with Gasteiger partial charge in [0.25, 0.3) is 6.47 Å². The van der Waals surface area contributed by atoms with Crippen LogP contribution in [0.2, 0.25) is 0 Å². The van der Waals surface area contributed by atoms with Gasteiger partial charge < -0.3 is 24.1 Å². The fourth-order valence-electron chi connectivity index (χ4n) is 7.00. The molecule has 3 aliphatic carbocycles. The summed E-state index contributed by atoms with van der Waals surface area (Å²) in [6.45, 7) is 12.5. The van der Waals surface area contributed by atoms with E-state index in [1.807, 2.05) is 27.7 Å². The zero-order chi connectivity index (χ0) is 34.6. The number of carboxylic acid groups (broad SMARTS) is 1. The SMILES string of the molecule is CC1CCC(C2CCC(C(=O)Oc3ccc(OC=O)cc3)CC2)CC1.CC1CCC(OC(C)(C)C(C)(C)OC(=O)CCC(=O)O)CC1. The molecule has 0 heterocycles. The summed E-state index contributed by atoms with van der Waals surface area (Å²) < 4.78 is 21.9. The normalized spacial score (nSPS) is 26.6. The summed E-state index contributed by atoms with van der Waals surface area (Å²) in [5.74, 6) is 2.67. The zero-order valence-electron chi connectivity index (χ0n) is 29.5. The standard InChI is InChI=1S/C21H28O4.C17H30O5/c1-15-2-4-16(5-3-15)17-6-8-18(9-7-17)21(23)25-20-12-10-19(11-13-20)24-14-22;1-12-6-8-13(9-7-12)21-16(2,3)17(4,5)22-15(20)11-10-14(18)19/h10-18H,2-9H2,1H3;12-13H,6-11H2,1-5H3,(H,18,19). The van der Waals surface area contributed by atoms with Crippen molar-refractivity contribution >= 4 is 24.4 Å². The van der Waals surface area contributed by atoms with E-state index < -0.39 is 23.1 Å². The lowest BCUT2D eigenvalue weighted by atomic mass is 9.69. The van der Waals surface area contributed by atoms with E-state index in [2.05, 4.69) is 13.8 Å². The quantitative estimate of drug-likeness (QED) is 0.134. The molecule has 0 aliphatic heterocycles. The highest BCUT2D eigenvalue weighted by atomic mass is 16.6. The van der Waals surface area contributed by atoms with Gasteiger partial charge in [-0.05, 0) is 140 Å². The van der Waals surface area contributed by atoms with Crippen molar-refractivity contribution in [2.24, 2.45) is 29.6 Å². The van der Waals surface area contributed by atoms with Crippen molar-refractivity contribution < 1.29 is 43.2 Å². The van der Waals surface area contributed by atoms with Gasteiger partial charge in [0.15, 0.2) is 0 Å². The van der Waals surface area contributed by atoms with Crippen LogP contribution in [0.4, 0.5) is 0 Å². The van der Waals surface area contributed by atoms with Crippen LogP contribution in [0.25, 0.3) is 0 Å². The van der Waals surface area contributed by atoms with Gasteiger partial charge in [-0.25, -0.2) is 0 Å². The second-order valence-electron chi connectivity index (χ2n) is 15.1. The predicted octanol–water partition coefficient (Wildman–Crippen LogP) is 8.31. The minimum absolute atomic E-state index is 0.0182. The van der Waals surface area contributed by atoms with Crippen LogP contribution in [-0.2, 0) is 28.7 Å². The number of rotatable bonds is 12. The number of carbonyl (C=O) groups excluding carboxylic acids is 3. The summed E-state index contributed by atoms with van der Waals surface area (Å²) in [5, 5.41) is 8.63. The number of ether oxygens (including phenoxy) is 4. The molecule has 1 aromatic rings.